The van der Waals surface area contributed by atoms with Crippen molar-refractivity contribution in [3.63, 3.8) is 0 Å². The maximum Gasteiger partial charge on any atom is 0.459 e. The first kappa shape index (κ1) is 15.8. The van der Waals surface area contributed by atoms with Crippen molar-refractivity contribution in [3.8, 4) is 6.07 Å². The van der Waals surface area contributed by atoms with E-state index >= 15 is 0 Å². The summed E-state index contributed by atoms with van der Waals surface area (Å²) < 4.78 is 85.7. The quantitative estimate of drug-likeness (QED) is 0.401. The third-order valence-electron chi connectivity index (χ3n) is 2.76. The Morgan fingerprint density at radius 2 is 1.56 bits per heavy atom. The molecule has 0 aromatic carbocycles. The maximum absolute atomic E-state index is 13.1. The van der Waals surface area contributed by atoms with Crippen LogP contribution in [-0.4, -0.2) is 21.4 Å². The predicted octanol–water partition coefficient (Wildman–Crippen LogP) is 4.32. The van der Waals surface area contributed by atoms with Crippen LogP contribution in [0, 0.1) is 17.2 Å². The fourth-order valence-corrected chi connectivity index (χ4v) is 3.32. The highest BCUT2D eigenvalue weighted by molar-refractivity contribution is 14.1. The second-order valence-corrected chi connectivity index (χ2v) is 6.63. The van der Waals surface area contributed by atoms with E-state index in [1.807, 2.05) is 0 Å². The largest absolute Gasteiger partial charge is 0.459 e. The van der Waals surface area contributed by atoms with Gasteiger partial charge in [0.25, 0.3) is 0 Å². The van der Waals surface area contributed by atoms with E-state index in [2.05, 4.69) is 0 Å². The third-order valence-corrected chi connectivity index (χ3v) is 4.02. The molecule has 1 aliphatic carbocycles. The third kappa shape index (κ3) is 2.67. The second kappa shape index (κ2) is 4.38. The number of nitrogens with zero attached hydrogens (tertiary/aromatic N) is 1. The highest BCUT2D eigenvalue weighted by atomic mass is 127. The number of hydrogen-bond acceptors (Lipinski definition) is 1. The maximum atomic E-state index is 13.1. The molecule has 0 aromatic heterocycles. The van der Waals surface area contributed by atoms with E-state index < -0.39 is 33.8 Å². The fourth-order valence-electron chi connectivity index (χ4n) is 1.78. The predicted molar refractivity (Wildman–Crippen MR) is 55.7 cm³/mol. The molecule has 1 saturated carbocycles. The molecule has 18 heavy (non-hydrogen) atoms. The molecule has 0 aromatic rings. The lowest BCUT2D eigenvalue weighted by Gasteiger charge is -2.43. The van der Waals surface area contributed by atoms with Crippen LogP contribution in [0.3, 0.4) is 0 Å². The molecule has 0 unspecified atom stereocenters. The van der Waals surface area contributed by atoms with E-state index in [1.54, 1.807) is 6.07 Å². The van der Waals surface area contributed by atoms with Crippen molar-refractivity contribution < 1.29 is 30.7 Å². The van der Waals surface area contributed by atoms with Gasteiger partial charge in [0.15, 0.2) is 0 Å². The Balaban J connectivity index is 2.81. The number of alkyl halides is 8. The molecule has 0 saturated heterocycles. The van der Waals surface area contributed by atoms with Crippen LogP contribution in [-0.2, 0) is 0 Å². The monoisotopic (exact) mass is 389 g/mol. The summed E-state index contributed by atoms with van der Waals surface area (Å²) in [6.45, 7) is 0. The molecule has 0 aliphatic heterocycles. The standard InChI is InChI=1S/C9H7F7IN/c10-7(11,8(12,13)9(14,15)16)4-6(17)1-5(2-6)3-18/h5H,1-2,4H2. The highest BCUT2D eigenvalue weighted by Gasteiger charge is 2.74. The summed E-state index contributed by atoms with van der Waals surface area (Å²) in [5.74, 6) is -11.8. The number of hydrogen-bond donors (Lipinski definition) is 0. The van der Waals surface area contributed by atoms with Gasteiger partial charge < -0.3 is 0 Å². The Hall–Kier alpha value is -0.270. The molecule has 0 spiro atoms. The normalized spacial score (nSPS) is 29.6. The first-order chi connectivity index (χ1) is 7.85. The van der Waals surface area contributed by atoms with Crippen LogP contribution in [0.25, 0.3) is 0 Å². The van der Waals surface area contributed by atoms with Crippen LogP contribution in [0.1, 0.15) is 19.3 Å². The average Bonchev–Trinajstić information content (AvgIpc) is 2.10. The highest BCUT2D eigenvalue weighted by Crippen LogP contribution is 2.56. The summed E-state index contributed by atoms with van der Waals surface area (Å²) in [7, 11) is 0. The van der Waals surface area contributed by atoms with E-state index in [0.717, 1.165) is 0 Å². The van der Waals surface area contributed by atoms with Gasteiger partial charge in [-0.15, -0.1) is 0 Å². The van der Waals surface area contributed by atoms with Gasteiger partial charge in [-0.05, 0) is 12.8 Å². The topological polar surface area (TPSA) is 23.8 Å². The molecule has 1 rings (SSSR count). The van der Waals surface area contributed by atoms with Gasteiger partial charge in [-0.1, -0.05) is 22.6 Å². The summed E-state index contributed by atoms with van der Waals surface area (Å²) in [5, 5.41) is 8.44. The van der Waals surface area contributed by atoms with Crippen molar-refractivity contribution in [2.75, 3.05) is 0 Å². The molecule has 0 N–H and O–H groups in total. The van der Waals surface area contributed by atoms with Crippen molar-refractivity contribution in [2.24, 2.45) is 5.92 Å². The summed E-state index contributed by atoms with van der Waals surface area (Å²) in [5.41, 5.74) is 0. The summed E-state index contributed by atoms with van der Waals surface area (Å²) >= 11 is 1.43. The lowest BCUT2D eigenvalue weighted by atomic mass is 9.72. The zero-order chi connectivity index (χ0) is 14.4. The Morgan fingerprint density at radius 1 is 1.11 bits per heavy atom. The fraction of sp³-hybridized carbons (Fsp3) is 0.889. The smallest absolute Gasteiger partial charge is 0.199 e. The molecule has 9 heteroatoms. The van der Waals surface area contributed by atoms with Crippen LogP contribution in [0.15, 0.2) is 0 Å². The Labute approximate surface area is 111 Å². The Morgan fingerprint density at radius 3 is 1.89 bits per heavy atom. The number of rotatable bonds is 3. The summed E-state index contributed by atoms with van der Waals surface area (Å²) in [6, 6.07) is 1.75. The molecule has 0 bridgehead atoms. The van der Waals surface area contributed by atoms with E-state index in [-0.39, 0.29) is 12.8 Å². The average molecular weight is 389 g/mol. The van der Waals surface area contributed by atoms with Crippen molar-refractivity contribution >= 4 is 22.6 Å². The second-order valence-electron chi connectivity index (χ2n) is 4.34. The van der Waals surface area contributed by atoms with E-state index in [1.165, 1.54) is 22.6 Å². The van der Waals surface area contributed by atoms with Gasteiger partial charge in [0.2, 0.25) is 0 Å². The number of halogens is 8. The van der Waals surface area contributed by atoms with Gasteiger partial charge in [-0.25, -0.2) is 0 Å². The lowest BCUT2D eigenvalue weighted by Crippen LogP contribution is -2.56. The molecular weight excluding hydrogens is 382 g/mol. The molecule has 0 radical (unpaired) electrons. The summed E-state index contributed by atoms with van der Waals surface area (Å²) in [6.07, 6.45) is -8.09. The lowest BCUT2D eigenvalue weighted by molar-refractivity contribution is -0.357. The van der Waals surface area contributed by atoms with Crippen molar-refractivity contribution in [1.82, 2.24) is 0 Å². The Bertz CT molecular complexity index is 364. The molecule has 1 nitrogen and oxygen atoms in total. The van der Waals surface area contributed by atoms with Crippen molar-refractivity contribution in [3.05, 3.63) is 0 Å². The zero-order valence-electron chi connectivity index (χ0n) is 8.67. The molecule has 1 aliphatic rings. The molecule has 0 amide bonds. The van der Waals surface area contributed by atoms with Gasteiger partial charge in [-0.3, -0.25) is 0 Å². The SMILES string of the molecule is N#CC1CC(I)(CC(F)(F)C(F)(F)C(F)(F)F)C1. The molecule has 1 fully saturated rings. The minimum absolute atomic E-state index is 0.104. The van der Waals surface area contributed by atoms with E-state index in [9.17, 15) is 30.7 Å². The minimum Gasteiger partial charge on any atom is -0.199 e. The molecule has 0 heterocycles. The van der Waals surface area contributed by atoms with Gasteiger partial charge >= 0.3 is 18.0 Å². The number of nitriles is 1. The van der Waals surface area contributed by atoms with Gasteiger partial charge in [0.1, 0.15) is 0 Å². The van der Waals surface area contributed by atoms with Crippen molar-refractivity contribution in [1.29, 1.82) is 5.26 Å². The Kier molecular flexibility index (Phi) is 3.84. The van der Waals surface area contributed by atoms with Gasteiger partial charge in [0, 0.05) is 15.8 Å². The van der Waals surface area contributed by atoms with Crippen LogP contribution in [0.5, 0.6) is 0 Å². The van der Waals surface area contributed by atoms with E-state index in [4.69, 9.17) is 5.26 Å². The van der Waals surface area contributed by atoms with E-state index in [0.29, 0.717) is 0 Å². The summed E-state index contributed by atoms with van der Waals surface area (Å²) in [4.78, 5) is 0. The first-order valence-electron chi connectivity index (χ1n) is 4.75. The van der Waals surface area contributed by atoms with Crippen LogP contribution < -0.4 is 0 Å². The minimum atomic E-state index is -6.29. The zero-order valence-corrected chi connectivity index (χ0v) is 10.8. The first-order valence-corrected chi connectivity index (χ1v) is 5.83. The van der Waals surface area contributed by atoms with Gasteiger partial charge in [-0.2, -0.15) is 36.0 Å². The van der Waals surface area contributed by atoms with Crippen LogP contribution >= 0.6 is 22.6 Å². The van der Waals surface area contributed by atoms with Crippen LogP contribution in [0.2, 0.25) is 0 Å². The molecule has 104 valence electrons. The van der Waals surface area contributed by atoms with Gasteiger partial charge in [0.05, 0.1) is 6.07 Å². The van der Waals surface area contributed by atoms with Crippen LogP contribution in [0.4, 0.5) is 30.7 Å². The molecular formula is C9H7F7IN. The van der Waals surface area contributed by atoms with Crippen molar-refractivity contribution in [2.45, 2.75) is 40.7 Å². The molecule has 0 atom stereocenters.